The van der Waals surface area contributed by atoms with E-state index in [1.807, 2.05) is 12.1 Å². The van der Waals surface area contributed by atoms with Crippen LogP contribution in [0.5, 0.6) is 0 Å². The van der Waals surface area contributed by atoms with Gasteiger partial charge in [-0.15, -0.1) is 0 Å². The van der Waals surface area contributed by atoms with Crippen molar-refractivity contribution in [3.05, 3.63) is 35.1 Å². The molecule has 3 heteroatoms. The molecule has 0 radical (unpaired) electrons. The molecule has 2 nitrogen and oxygen atoms in total. The number of benzene rings is 1. The van der Waals surface area contributed by atoms with E-state index in [9.17, 15) is 4.39 Å². The van der Waals surface area contributed by atoms with Crippen LogP contribution in [-0.4, -0.2) is 18.8 Å². The highest BCUT2D eigenvalue weighted by Gasteiger charge is 2.29. The lowest BCUT2D eigenvalue weighted by molar-refractivity contribution is 0.0797. The molecule has 0 amide bonds. The standard InChI is InChI=1S/C15H20FNO/c1-10(15-6-3-9-18-15)17-14-8-7-11-12(14)4-2-5-13(11)16/h2,4-5,10,14-15,17H,3,6-9H2,1H3. The molecule has 0 saturated carbocycles. The fourth-order valence-corrected chi connectivity index (χ4v) is 3.20. The van der Waals surface area contributed by atoms with Crippen molar-refractivity contribution < 1.29 is 9.13 Å². The molecule has 1 N–H and O–H groups in total. The van der Waals surface area contributed by atoms with Crippen LogP contribution in [0.25, 0.3) is 0 Å². The number of hydrogen-bond acceptors (Lipinski definition) is 2. The Hall–Kier alpha value is -0.930. The third kappa shape index (κ3) is 2.17. The summed E-state index contributed by atoms with van der Waals surface area (Å²) < 4.78 is 19.4. The van der Waals surface area contributed by atoms with Crippen molar-refractivity contribution in [2.24, 2.45) is 0 Å². The van der Waals surface area contributed by atoms with Crippen LogP contribution in [0, 0.1) is 5.82 Å². The Balaban J connectivity index is 1.70. The van der Waals surface area contributed by atoms with Crippen LogP contribution in [0.3, 0.4) is 0 Å². The van der Waals surface area contributed by atoms with E-state index in [0.29, 0.717) is 12.1 Å². The summed E-state index contributed by atoms with van der Waals surface area (Å²) in [5.74, 6) is -0.0541. The Bertz CT molecular complexity index is 429. The third-order valence-electron chi connectivity index (χ3n) is 4.20. The molecule has 18 heavy (non-hydrogen) atoms. The molecule has 2 aliphatic rings. The van der Waals surface area contributed by atoms with Gasteiger partial charge < -0.3 is 10.1 Å². The normalized spacial score (nSPS) is 28.3. The van der Waals surface area contributed by atoms with Gasteiger partial charge in [0, 0.05) is 18.7 Å². The largest absolute Gasteiger partial charge is 0.377 e. The van der Waals surface area contributed by atoms with E-state index in [-0.39, 0.29) is 11.9 Å². The van der Waals surface area contributed by atoms with Crippen molar-refractivity contribution in [3.8, 4) is 0 Å². The smallest absolute Gasteiger partial charge is 0.126 e. The van der Waals surface area contributed by atoms with E-state index >= 15 is 0 Å². The quantitative estimate of drug-likeness (QED) is 0.889. The van der Waals surface area contributed by atoms with Crippen LogP contribution in [0.15, 0.2) is 18.2 Å². The monoisotopic (exact) mass is 249 g/mol. The molecule has 1 aliphatic carbocycles. The number of fused-ring (bicyclic) bond motifs is 1. The van der Waals surface area contributed by atoms with Crippen molar-refractivity contribution >= 4 is 0 Å². The molecule has 0 spiro atoms. The first-order chi connectivity index (χ1) is 8.75. The molecule has 3 rings (SSSR count). The molecule has 1 saturated heterocycles. The van der Waals surface area contributed by atoms with Gasteiger partial charge in [-0.05, 0) is 49.8 Å². The fraction of sp³-hybridized carbons (Fsp3) is 0.600. The number of rotatable bonds is 3. The van der Waals surface area contributed by atoms with Crippen LogP contribution in [0.2, 0.25) is 0 Å². The van der Waals surface area contributed by atoms with E-state index in [4.69, 9.17) is 4.74 Å². The second-order valence-electron chi connectivity index (χ2n) is 5.41. The second-order valence-corrected chi connectivity index (χ2v) is 5.41. The summed E-state index contributed by atoms with van der Waals surface area (Å²) in [5.41, 5.74) is 2.04. The lowest BCUT2D eigenvalue weighted by Gasteiger charge is -2.24. The molecule has 3 atom stereocenters. The highest BCUT2D eigenvalue weighted by molar-refractivity contribution is 5.35. The van der Waals surface area contributed by atoms with Crippen molar-refractivity contribution in [2.75, 3.05) is 6.61 Å². The Morgan fingerprint density at radius 2 is 2.28 bits per heavy atom. The van der Waals surface area contributed by atoms with Crippen molar-refractivity contribution in [2.45, 2.75) is 50.8 Å². The fourth-order valence-electron chi connectivity index (χ4n) is 3.20. The SMILES string of the molecule is CC(NC1CCc2c(F)cccc21)C1CCCO1. The maximum Gasteiger partial charge on any atom is 0.126 e. The molecule has 1 aromatic carbocycles. The average Bonchev–Trinajstić information content (AvgIpc) is 2.99. The Kier molecular flexibility index (Phi) is 3.35. The molecule has 0 bridgehead atoms. The van der Waals surface area contributed by atoms with Gasteiger partial charge in [-0.3, -0.25) is 0 Å². The summed E-state index contributed by atoms with van der Waals surface area (Å²) in [4.78, 5) is 0. The Morgan fingerprint density at radius 3 is 3.06 bits per heavy atom. The summed E-state index contributed by atoms with van der Waals surface area (Å²) in [6.07, 6.45) is 4.46. The van der Waals surface area contributed by atoms with Crippen LogP contribution >= 0.6 is 0 Å². The molecular formula is C15H20FNO. The van der Waals surface area contributed by atoms with E-state index < -0.39 is 0 Å². The molecule has 1 fully saturated rings. The minimum atomic E-state index is -0.0541. The van der Waals surface area contributed by atoms with Crippen molar-refractivity contribution in [1.29, 1.82) is 0 Å². The second kappa shape index (κ2) is 4.98. The van der Waals surface area contributed by atoms with Gasteiger partial charge in [0.05, 0.1) is 6.10 Å². The topological polar surface area (TPSA) is 21.3 Å². The van der Waals surface area contributed by atoms with Gasteiger partial charge in [-0.2, -0.15) is 0 Å². The van der Waals surface area contributed by atoms with Crippen molar-refractivity contribution in [1.82, 2.24) is 5.32 Å². The zero-order chi connectivity index (χ0) is 12.5. The van der Waals surface area contributed by atoms with Gasteiger partial charge >= 0.3 is 0 Å². The minimum absolute atomic E-state index is 0.0541. The van der Waals surface area contributed by atoms with Crippen LogP contribution in [-0.2, 0) is 11.2 Å². The third-order valence-corrected chi connectivity index (χ3v) is 4.20. The number of ether oxygens (including phenoxy) is 1. The predicted molar refractivity (Wildman–Crippen MR) is 69.0 cm³/mol. The zero-order valence-electron chi connectivity index (χ0n) is 10.8. The summed E-state index contributed by atoms with van der Waals surface area (Å²) in [7, 11) is 0. The molecule has 0 aromatic heterocycles. The van der Waals surface area contributed by atoms with Crippen LogP contribution in [0.4, 0.5) is 4.39 Å². The Morgan fingerprint density at radius 1 is 1.39 bits per heavy atom. The lowest BCUT2D eigenvalue weighted by Crippen LogP contribution is -2.38. The van der Waals surface area contributed by atoms with Gasteiger partial charge in [0.2, 0.25) is 0 Å². The van der Waals surface area contributed by atoms with Crippen LogP contribution in [0.1, 0.15) is 43.4 Å². The number of nitrogens with one attached hydrogen (secondary N) is 1. The molecule has 1 aromatic rings. The van der Waals surface area contributed by atoms with E-state index in [1.54, 1.807) is 6.07 Å². The zero-order valence-corrected chi connectivity index (χ0v) is 10.8. The highest BCUT2D eigenvalue weighted by Crippen LogP contribution is 2.33. The first-order valence-electron chi connectivity index (χ1n) is 6.90. The molecule has 98 valence electrons. The number of hydrogen-bond donors (Lipinski definition) is 1. The van der Waals surface area contributed by atoms with Gasteiger partial charge in [0.1, 0.15) is 5.82 Å². The molecule has 3 unspecified atom stereocenters. The maximum absolute atomic E-state index is 13.7. The molecular weight excluding hydrogens is 229 g/mol. The van der Waals surface area contributed by atoms with Gasteiger partial charge in [0.15, 0.2) is 0 Å². The van der Waals surface area contributed by atoms with Gasteiger partial charge in [-0.1, -0.05) is 12.1 Å². The van der Waals surface area contributed by atoms with Crippen molar-refractivity contribution in [3.63, 3.8) is 0 Å². The van der Waals surface area contributed by atoms with E-state index in [2.05, 4.69) is 12.2 Å². The first-order valence-corrected chi connectivity index (χ1v) is 6.90. The maximum atomic E-state index is 13.7. The predicted octanol–water partition coefficient (Wildman–Crippen LogP) is 2.97. The summed E-state index contributed by atoms with van der Waals surface area (Å²) in [6, 6.07) is 6.04. The highest BCUT2D eigenvalue weighted by atomic mass is 19.1. The first kappa shape index (κ1) is 12.1. The van der Waals surface area contributed by atoms with Gasteiger partial charge in [-0.25, -0.2) is 4.39 Å². The van der Waals surface area contributed by atoms with Crippen LogP contribution < -0.4 is 5.32 Å². The number of halogens is 1. The molecule has 1 heterocycles. The van der Waals surface area contributed by atoms with Gasteiger partial charge in [0.25, 0.3) is 0 Å². The summed E-state index contributed by atoms with van der Waals surface area (Å²) in [6.45, 7) is 3.06. The van der Waals surface area contributed by atoms with E-state index in [0.717, 1.165) is 43.4 Å². The average molecular weight is 249 g/mol. The molecule has 1 aliphatic heterocycles. The minimum Gasteiger partial charge on any atom is -0.377 e. The van der Waals surface area contributed by atoms with E-state index in [1.165, 1.54) is 0 Å². The lowest BCUT2D eigenvalue weighted by atomic mass is 10.0. The summed E-state index contributed by atoms with van der Waals surface area (Å²) >= 11 is 0. The summed E-state index contributed by atoms with van der Waals surface area (Å²) in [5, 5.41) is 3.61. The Labute approximate surface area is 108 Å².